The molecule has 1 saturated heterocycles. The topological polar surface area (TPSA) is 211 Å². The van der Waals surface area contributed by atoms with Crippen molar-refractivity contribution in [3.63, 3.8) is 0 Å². The summed E-state index contributed by atoms with van der Waals surface area (Å²) in [6.07, 6.45) is 4.39. The zero-order valence-corrected chi connectivity index (χ0v) is 38.6. The molecule has 65 heavy (non-hydrogen) atoms. The normalized spacial score (nSPS) is 14.9. The predicted molar refractivity (Wildman–Crippen MR) is 241 cm³/mol. The first-order chi connectivity index (χ1) is 30.8. The number of halogens is 1. The average Bonchev–Trinajstić information content (AvgIpc) is 3.76. The van der Waals surface area contributed by atoms with Crippen LogP contribution in [-0.2, 0) is 41.0 Å². The van der Waals surface area contributed by atoms with Gasteiger partial charge in [-0.2, -0.15) is 11.5 Å². The molecule has 8 rings (SSSR count). The van der Waals surface area contributed by atoms with Gasteiger partial charge in [-0.25, -0.2) is 11.2 Å². The van der Waals surface area contributed by atoms with Crippen molar-refractivity contribution in [2.24, 2.45) is 15.2 Å². The molecule has 5 heterocycles. The molecular formula is C45H44ClMnN10O7S. The Morgan fingerprint density at radius 1 is 1.08 bits per heavy atom. The molecule has 5 aromatic rings. The zero-order chi connectivity index (χ0) is 45.5. The first-order valence-electron chi connectivity index (χ1n) is 20.3. The van der Waals surface area contributed by atoms with Crippen molar-refractivity contribution in [2.75, 3.05) is 44.8 Å². The number of ether oxygens (including phenoxy) is 2. The van der Waals surface area contributed by atoms with Crippen LogP contribution in [0.5, 0.6) is 11.5 Å². The number of carbonyl (C=O) groups excluding carboxylic acids is 5. The van der Waals surface area contributed by atoms with Crippen LogP contribution >= 0.6 is 22.9 Å². The number of anilines is 1. The summed E-state index contributed by atoms with van der Waals surface area (Å²) in [5.74, 6) is 1.32. The Balaban J connectivity index is 0.000000703. The smallest absolute Gasteiger partial charge is 0.494 e. The molecule has 4 amide bonds. The van der Waals surface area contributed by atoms with Crippen molar-refractivity contribution in [1.29, 1.82) is 0 Å². The van der Waals surface area contributed by atoms with Crippen molar-refractivity contribution >= 4 is 75.6 Å². The minimum Gasteiger partial charge on any atom is -0.494 e. The summed E-state index contributed by atoms with van der Waals surface area (Å²) in [5.41, 5.74) is 5.97. The van der Waals surface area contributed by atoms with Gasteiger partial charge in [0.15, 0.2) is 5.82 Å². The Bertz CT molecular complexity index is 2650. The molecule has 0 aliphatic carbocycles. The van der Waals surface area contributed by atoms with Crippen LogP contribution in [-0.4, -0.2) is 90.3 Å². The Kier molecular flexibility index (Phi) is 15.8. The maximum Gasteiger partial charge on any atom is 3.00 e. The van der Waals surface area contributed by atoms with Crippen molar-refractivity contribution in [3.8, 4) is 16.5 Å². The average molecular weight is 959 g/mol. The van der Waals surface area contributed by atoms with Crippen LogP contribution < -0.4 is 30.3 Å². The van der Waals surface area contributed by atoms with Gasteiger partial charge >= 0.3 is 17.1 Å². The van der Waals surface area contributed by atoms with Gasteiger partial charge in [0.2, 0.25) is 17.7 Å². The number of nitrogens with zero attached hydrogens (tertiary/aromatic N) is 7. The third kappa shape index (κ3) is 11.1. The molecule has 3 aromatic carbocycles. The fraction of sp³-hybridized carbons (Fsp3) is 0.289. The molecule has 1 atom stereocenters. The van der Waals surface area contributed by atoms with Crippen LogP contribution in [0.3, 0.4) is 0 Å². The van der Waals surface area contributed by atoms with E-state index in [0.29, 0.717) is 82.4 Å². The number of methoxy groups -OCH3 is 1. The number of fused-ring (bicyclic) bond motifs is 4. The number of aliphatic imine (C=N–C) groups is 1. The number of carbonyl (C=O) groups is 4. The number of hydrogen-bond acceptors (Lipinski definition) is 14. The monoisotopic (exact) mass is 958 g/mol. The summed E-state index contributed by atoms with van der Waals surface area (Å²) in [5, 5.41) is 27.0. The Hall–Kier alpha value is -6.53. The van der Waals surface area contributed by atoms with E-state index in [4.69, 9.17) is 26.1 Å². The Morgan fingerprint density at radius 3 is 2.52 bits per heavy atom. The van der Waals surface area contributed by atoms with Gasteiger partial charge in [-0.05, 0) is 44.8 Å². The molecule has 336 valence electrons. The second-order valence-electron chi connectivity index (χ2n) is 14.8. The summed E-state index contributed by atoms with van der Waals surface area (Å²) in [7, 11) is 1.52. The molecule has 17 nitrogen and oxygen atoms in total. The van der Waals surface area contributed by atoms with Crippen LogP contribution in [0.4, 0.5) is 17.1 Å². The maximum absolute atomic E-state index is 13.4. The van der Waals surface area contributed by atoms with E-state index in [1.54, 1.807) is 41.7 Å². The van der Waals surface area contributed by atoms with E-state index in [1.807, 2.05) is 46.9 Å². The number of hydrogen-bond donors (Lipinski definition) is 3. The molecule has 3 aliphatic rings. The second kappa shape index (κ2) is 21.4. The number of thiophene rings is 1. The van der Waals surface area contributed by atoms with Crippen LogP contribution in [0.1, 0.15) is 69.6 Å². The summed E-state index contributed by atoms with van der Waals surface area (Å²) < 4.78 is 13.6. The van der Waals surface area contributed by atoms with Crippen LogP contribution in [0, 0.1) is 34.1 Å². The minimum absolute atomic E-state index is 0. The van der Waals surface area contributed by atoms with Gasteiger partial charge < -0.3 is 46.3 Å². The number of piperidine rings is 1. The largest absolute Gasteiger partial charge is 3.00 e. The molecule has 0 radical (unpaired) electrons. The fourth-order valence-corrected chi connectivity index (χ4v) is 8.55. The molecule has 0 bridgehead atoms. The van der Waals surface area contributed by atoms with Crippen molar-refractivity contribution in [1.82, 2.24) is 30.7 Å². The molecule has 1 fully saturated rings. The summed E-state index contributed by atoms with van der Waals surface area (Å²) in [4.78, 5) is 66.5. The SMILES string of the molecule is O=C1[CH-]CCC(=O)N1.[CH2-]c1c([C-]=O)cccc1N=Nc1cc(OC)c2c(c1)OCCN2CC(=O)NCCNC(=O)C[C@@H]1N=C(c2ccc(Cl)cc2)c2c(sc(C)c2C)-n2c(C)nnc21.[Mn+3]. The summed E-state index contributed by atoms with van der Waals surface area (Å²) >= 11 is 7.87. The van der Waals surface area contributed by atoms with Gasteiger partial charge in [-0.15, -0.1) is 33.7 Å². The third-order valence-electron chi connectivity index (χ3n) is 10.5. The number of rotatable bonds is 12. The number of aromatic nitrogens is 3. The molecule has 0 spiro atoms. The van der Waals surface area contributed by atoms with Crippen molar-refractivity contribution in [3.05, 3.63) is 117 Å². The quantitative estimate of drug-likeness (QED) is 0.0436. The number of aryl methyl sites for hydroxylation is 2. The number of benzene rings is 3. The van der Waals surface area contributed by atoms with Crippen LogP contribution in [0.25, 0.3) is 5.00 Å². The van der Waals surface area contributed by atoms with Gasteiger partial charge in [-0.1, -0.05) is 29.4 Å². The Morgan fingerprint density at radius 2 is 1.83 bits per heavy atom. The number of amides is 4. The van der Waals surface area contributed by atoms with Crippen molar-refractivity contribution < 1.29 is 50.5 Å². The summed E-state index contributed by atoms with van der Waals surface area (Å²) in [6.45, 7) is 11.2. The predicted octanol–water partition coefficient (Wildman–Crippen LogP) is 6.01. The molecule has 2 aromatic heterocycles. The maximum atomic E-state index is 13.4. The van der Waals surface area contributed by atoms with Gasteiger partial charge in [-0.3, -0.25) is 42.0 Å². The Labute approximate surface area is 394 Å². The van der Waals surface area contributed by atoms with E-state index in [0.717, 1.165) is 32.3 Å². The second-order valence-corrected chi connectivity index (χ2v) is 16.5. The minimum atomic E-state index is -0.609. The summed E-state index contributed by atoms with van der Waals surface area (Å²) in [6, 6.07) is 15.3. The van der Waals surface area contributed by atoms with Gasteiger partial charge in [0.25, 0.3) is 0 Å². The number of nitrogens with one attached hydrogen (secondary N) is 3. The molecule has 0 unspecified atom stereocenters. The molecule has 3 N–H and O–H groups in total. The number of azo groups is 1. The van der Waals surface area contributed by atoms with E-state index in [-0.39, 0.29) is 66.8 Å². The van der Waals surface area contributed by atoms with Crippen LogP contribution in [0.15, 0.2) is 69.8 Å². The van der Waals surface area contributed by atoms with E-state index >= 15 is 0 Å². The van der Waals surface area contributed by atoms with E-state index in [2.05, 4.69) is 57.1 Å². The van der Waals surface area contributed by atoms with E-state index < -0.39 is 6.04 Å². The molecule has 20 heteroatoms. The fourth-order valence-electron chi connectivity index (χ4n) is 7.21. The van der Waals surface area contributed by atoms with Crippen LogP contribution in [0.2, 0.25) is 5.02 Å². The van der Waals surface area contributed by atoms with Gasteiger partial charge in [0.1, 0.15) is 40.7 Å². The first kappa shape index (κ1) is 47.9. The first-order valence-corrected chi connectivity index (χ1v) is 21.5. The zero-order valence-electron chi connectivity index (χ0n) is 35.9. The molecule has 0 saturated carbocycles. The number of imide groups is 1. The van der Waals surface area contributed by atoms with Gasteiger partial charge in [0, 0.05) is 52.7 Å². The van der Waals surface area contributed by atoms with Crippen molar-refractivity contribution in [2.45, 2.75) is 46.1 Å². The third-order valence-corrected chi connectivity index (χ3v) is 12.0. The van der Waals surface area contributed by atoms with E-state index in [9.17, 15) is 24.0 Å². The standard InChI is InChI=1S/C40H38ClN9O5S.C5H6NO2.Mn/c1-22-24(3)56-40-36(22)37(26-9-11-28(41)12-10-26)44-31(39-48-45-25(4)50(39)40)19-34(52)42-13-14-43-35(53)20-49-15-16-55-33-18-29(17-32(54-5)38(33)49)46-47-30-8-6-7-27(21-51)23(30)2;7-4-2-1-3-5(8)6-4;/h6-12,17-18,31H,2,13-16,19-20H2,1,3-5H3,(H,42,52)(H,43,53);2H,1,3H2,(H,6,7,8);/q-2;-1;+3/t31-;;/m0../s1. The molecule has 3 aliphatic heterocycles. The van der Waals surface area contributed by atoms with E-state index in [1.165, 1.54) is 13.5 Å². The van der Waals surface area contributed by atoms with Gasteiger partial charge in [0.05, 0.1) is 43.9 Å². The molecular weight excluding hydrogens is 915 g/mol.